The Morgan fingerprint density at radius 3 is 1.77 bits per heavy atom. The average Bonchev–Trinajstić information content (AvgIpc) is 3.00. The first-order valence-electron chi connectivity index (χ1n) is 14.2. The summed E-state index contributed by atoms with van der Waals surface area (Å²) >= 11 is 0. The average molecular weight is 645 g/mol. The van der Waals surface area contributed by atoms with E-state index in [-0.39, 0.29) is 5.57 Å². The first-order valence-corrected chi connectivity index (χ1v) is 14.2. The Kier molecular flexibility index (Phi) is 12.1. The van der Waals surface area contributed by atoms with Crippen LogP contribution in [0.15, 0.2) is 11.6 Å². The van der Waals surface area contributed by atoms with Crippen molar-refractivity contribution < 1.29 is 85.0 Å². The smallest absolute Gasteiger partial charge is 0.187 e. The summed E-state index contributed by atoms with van der Waals surface area (Å²) in [7, 11) is 0. The quantitative estimate of drug-likeness (QED) is 0.104. The van der Waals surface area contributed by atoms with Crippen LogP contribution in [0.25, 0.3) is 0 Å². The zero-order valence-corrected chi connectivity index (χ0v) is 23.7. The normalized spacial score (nSPS) is 52.0. The molecule has 3 heterocycles. The number of hydrogen-bond acceptors (Lipinski definition) is 19. The number of hydrogen-bond donors (Lipinski definition) is 14. The molecule has 0 aromatic carbocycles. The molecule has 256 valence electrons. The van der Waals surface area contributed by atoms with Gasteiger partial charge < -0.3 is 96.0 Å². The van der Waals surface area contributed by atoms with Gasteiger partial charge in [-0.3, -0.25) is 0 Å². The summed E-state index contributed by atoms with van der Waals surface area (Å²) in [5.74, 6) is 0. The molecule has 19 heteroatoms. The Hall–Kier alpha value is -1.02. The SMILES string of the molecule is CC1O[C@@H](O[C@H]2C(CO)O[C@@H](O[C@H]3C(CO)OC(N)C(O)[C@H]3O)C(O)[C@H]2O)C(O)[C@@H](O)[C@H]1N[C@@H]1C=C(CO)[C@H](O)[C@H](O)C1O. The Balaban J connectivity index is 1.42. The van der Waals surface area contributed by atoms with E-state index in [1.165, 1.54) is 13.0 Å². The number of aliphatic hydroxyl groups is 12. The number of ether oxygens (including phenoxy) is 5. The van der Waals surface area contributed by atoms with E-state index in [0.29, 0.717) is 0 Å². The first kappa shape index (κ1) is 35.8. The van der Waals surface area contributed by atoms with Gasteiger partial charge in [-0.2, -0.15) is 0 Å². The predicted molar refractivity (Wildman–Crippen MR) is 140 cm³/mol. The number of aliphatic hydroxyl groups excluding tert-OH is 12. The third-order valence-electron chi connectivity index (χ3n) is 8.54. The van der Waals surface area contributed by atoms with E-state index < -0.39 is 136 Å². The van der Waals surface area contributed by atoms with Gasteiger partial charge in [0.05, 0.1) is 38.0 Å². The number of nitrogens with one attached hydrogen (secondary N) is 1. The van der Waals surface area contributed by atoms with Crippen LogP contribution in [0.1, 0.15) is 6.92 Å². The minimum atomic E-state index is -1.90. The van der Waals surface area contributed by atoms with Crippen molar-refractivity contribution in [1.82, 2.24) is 5.32 Å². The summed E-state index contributed by atoms with van der Waals surface area (Å²) in [5, 5.41) is 126. The molecule has 19 atom stereocenters. The second-order valence-electron chi connectivity index (χ2n) is 11.4. The van der Waals surface area contributed by atoms with Crippen molar-refractivity contribution in [2.75, 3.05) is 19.8 Å². The fraction of sp³-hybridized carbons (Fsp3) is 0.920. The van der Waals surface area contributed by atoms with E-state index in [4.69, 9.17) is 29.4 Å². The van der Waals surface area contributed by atoms with Crippen LogP contribution in [0.3, 0.4) is 0 Å². The van der Waals surface area contributed by atoms with Crippen molar-refractivity contribution >= 4 is 0 Å². The Morgan fingerprint density at radius 2 is 1.20 bits per heavy atom. The summed E-state index contributed by atoms with van der Waals surface area (Å²) in [6, 6.07) is -2.15. The van der Waals surface area contributed by atoms with Crippen molar-refractivity contribution in [1.29, 1.82) is 0 Å². The highest BCUT2D eigenvalue weighted by molar-refractivity contribution is 5.22. The molecule has 4 rings (SSSR count). The van der Waals surface area contributed by atoms with E-state index in [0.717, 1.165) is 0 Å². The molecule has 0 spiro atoms. The highest BCUT2D eigenvalue weighted by atomic mass is 16.7. The molecule has 1 aliphatic carbocycles. The molecule has 0 saturated carbocycles. The second-order valence-corrected chi connectivity index (χ2v) is 11.4. The molecule has 19 nitrogen and oxygen atoms in total. The Labute approximate surface area is 251 Å². The zero-order chi connectivity index (χ0) is 32.6. The fourth-order valence-electron chi connectivity index (χ4n) is 5.86. The lowest BCUT2D eigenvalue weighted by molar-refractivity contribution is -0.367. The molecular weight excluding hydrogens is 600 g/mol. The van der Waals surface area contributed by atoms with Crippen LogP contribution in [-0.2, 0) is 23.7 Å². The molecular formula is C25H44N2O17. The molecule has 0 aromatic rings. The standard InChI is InChI=1S/C25H44N2O17/c1-6-11(27-8-2-7(3-28)12(31)15(34)13(8)32)14(33)19(38)24(40-6)43-22-10(5-30)42-25(20(39)17(22)36)44-21-9(4-29)41-23(26)18(37)16(21)35/h2,6,8-25,27-39H,3-5,26H2,1H3/t6?,8-,9?,10?,11+,12+,13?,14+,15+,16-,17-,18?,19?,20?,21+,22+,23?,24+,25+/m1/s1. The number of rotatable bonds is 9. The lowest BCUT2D eigenvalue weighted by atomic mass is 9.86. The van der Waals surface area contributed by atoms with Gasteiger partial charge in [-0.15, -0.1) is 0 Å². The summed E-state index contributed by atoms with van der Waals surface area (Å²) in [4.78, 5) is 0. The molecule has 3 aliphatic heterocycles. The van der Waals surface area contributed by atoms with Crippen LogP contribution >= 0.6 is 0 Å². The molecule has 0 radical (unpaired) electrons. The van der Waals surface area contributed by atoms with Gasteiger partial charge in [0, 0.05) is 0 Å². The van der Waals surface area contributed by atoms with Crippen molar-refractivity contribution in [2.24, 2.45) is 5.73 Å². The maximum absolute atomic E-state index is 10.9. The first-order chi connectivity index (χ1) is 20.7. The van der Waals surface area contributed by atoms with Crippen molar-refractivity contribution in [3.8, 4) is 0 Å². The second kappa shape index (κ2) is 14.8. The maximum atomic E-state index is 10.9. The molecule has 0 aromatic heterocycles. The van der Waals surface area contributed by atoms with Crippen molar-refractivity contribution in [3.63, 3.8) is 0 Å². The molecule has 0 bridgehead atoms. The van der Waals surface area contributed by atoms with E-state index in [2.05, 4.69) is 5.32 Å². The van der Waals surface area contributed by atoms with Crippen LogP contribution in [0.2, 0.25) is 0 Å². The van der Waals surface area contributed by atoms with Gasteiger partial charge in [0.25, 0.3) is 0 Å². The van der Waals surface area contributed by atoms with Crippen molar-refractivity contribution in [3.05, 3.63) is 11.6 Å². The van der Waals surface area contributed by atoms with E-state index >= 15 is 0 Å². The summed E-state index contributed by atoms with van der Waals surface area (Å²) < 4.78 is 27.7. The molecule has 8 unspecified atom stereocenters. The zero-order valence-electron chi connectivity index (χ0n) is 23.7. The summed E-state index contributed by atoms with van der Waals surface area (Å²) in [5.41, 5.74) is 5.61. The van der Waals surface area contributed by atoms with E-state index in [1.54, 1.807) is 0 Å². The third-order valence-corrected chi connectivity index (χ3v) is 8.54. The van der Waals surface area contributed by atoms with Crippen LogP contribution in [-0.4, -0.2) is 197 Å². The summed E-state index contributed by atoms with van der Waals surface area (Å²) in [6.45, 7) is -0.639. The van der Waals surface area contributed by atoms with E-state index in [1.807, 2.05) is 0 Å². The fourth-order valence-corrected chi connectivity index (χ4v) is 5.86. The maximum Gasteiger partial charge on any atom is 0.187 e. The van der Waals surface area contributed by atoms with Crippen LogP contribution in [0.5, 0.6) is 0 Å². The highest BCUT2D eigenvalue weighted by Gasteiger charge is 2.53. The van der Waals surface area contributed by atoms with Crippen LogP contribution < -0.4 is 11.1 Å². The third kappa shape index (κ3) is 6.96. The molecule has 0 amide bonds. The Morgan fingerprint density at radius 1 is 0.682 bits per heavy atom. The molecule has 4 aliphatic rings. The Bertz CT molecular complexity index is 962. The van der Waals surface area contributed by atoms with Crippen molar-refractivity contribution in [2.45, 2.75) is 123 Å². The van der Waals surface area contributed by atoms with Crippen LogP contribution in [0, 0.1) is 0 Å². The molecule has 3 saturated heterocycles. The van der Waals surface area contributed by atoms with Gasteiger partial charge in [0.2, 0.25) is 0 Å². The molecule has 3 fully saturated rings. The molecule has 44 heavy (non-hydrogen) atoms. The van der Waals surface area contributed by atoms with Gasteiger partial charge >= 0.3 is 0 Å². The van der Waals surface area contributed by atoms with Gasteiger partial charge in [-0.25, -0.2) is 0 Å². The van der Waals surface area contributed by atoms with E-state index in [9.17, 15) is 61.3 Å². The van der Waals surface area contributed by atoms with Gasteiger partial charge in [0.15, 0.2) is 12.6 Å². The van der Waals surface area contributed by atoms with Gasteiger partial charge in [-0.1, -0.05) is 6.08 Å². The van der Waals surface area contributed by atoms with Gasteiger partial charge in [-0.05, 0) is 12.5 Å². The number of nitrogens with two attached hydrogens (primary N) is 1. The minimum absolute atomic E-state index is 0.0280. The lowest BCUT2D eigenvalue weighted by Crippen LogP contribution is -2.68. The minimum Gasteiger partial charge on any atom is -0.394 e. The topological polar surface area (TPSA) is 327 Å². The largest absolute Gasteiger partial charge is 0.394 e. The van der Waals surface area contributed by atoms with Gasteiger partial charge in [0.1, 0.15) is 85.6 Å². The van der Waals surface area contributed by atoms with Crippen LogP contribution in [0.4, 0.5) is 0 Å². The monoisotopic (exact) mass is 644 g/mol. The highest BCUT2D eigenvalue weighted by Crippen LogP contribution is 2.32. The lowest BCUT2D eigenvalue weighted by Gasteiger charge is -2.48. The summed E-state index contributed by atoms with van der Waals surface area (Å²) in [6.07, 6.45) is -25.3. The molecule has 15 N–H and O–H groups in total. The predicted octanol–water partition coefficient (Wildman–Crippen LogP) is -8.60.